The fourth-order valence-electron chi connectivity index (χ4n) is 2.36. The van der Waals surface area contributed by atoms with Gasteiger partial charge >= 0.3 is 0 Å². The molecular formula is C12H20N2O3S2. The van der Waals surface area contributed by atoms with Gasteiger partial charge in [0.25, 0.3) is 0 Å². The first-order valence-corrected chi connectivity index (χ1v) is 9.13. The Hall–Kier alpha value is -0.660. The van der Waals surface area contributed by atoms with Crippen LogP contribution in [0.5, 0.6) is 0 Å². The molecule has 5 nitrogen and oxygen atoms in total. The molecule has 1 aliphatic rings. The summed E-state index contributed by atoms with van der Waals surface area (Å²) in [5, 5.41) is 12.6. The first-order chi connectivity index (χ1) is 8.92. The molecule has 0 atom stereocenters. The Morgan fingerprint density at radius 1 is 1.42 bits per heavy atom. The molecule has 0 amide bonds. The lowest BCUT2D eigenvalue weighted by Crippen LogP contribution is -2.33. The molecule has 0 aliphatic heterocycles. The van der Waals surface area contributed by atoms with Gasteiger partial charge < -0.3 is 5.11 Å². The maximum Gasteiger partial charge on any atom is 0.234 e. The Bertz CT molecular complexity index is 519. The average molecular weight is 304 g/mol. The topological polar surface area (TPSA) is 79.3 Å². The van der Waals surface area contributed by atoms with Gasteiger partial charge in [-0.15, -0.1) is 11.3 Å². The number of thiazole rings is 1. The fraction of sp³-hybridized carbons (Fsp3) is 0.750. The third kappa shape index (κ3) is 4.15. The van der Waals surface area contributed by atoms with Crippen molar-refractivity contribution in [2.45, 2.75) is 51.0 Å². The molecule has 1 saturated carbocycles. The number of aromatic nitrogens is 1. The molecule has 2 rings (SSSR count). The van der Waals surface area contributed by atoms with E-state index in [1.807, 2.05) is 5.38 Å². The van der Waals surface area contributed by atoms with Crippen LogP contribution in [0.4, 0.5) is 5.13 Å². The van der Waals surface area contributed by atoms with E-state index in [2.05, 4.69) is 9.71 Å². The number of aliphatic hydroxyl groups is 1. The highest BCUT2D eigenvalue weighted by atomic mass is 32.2. The summed E-state index contributed by atoms with van der Waals surface area (Å²) in [6, 6.07) is 0. The van der Waals surface area contributed by atoms with Crippen molar-refractivity contribution in [3.8, 4) is 0 Å². The van der Waals surface area contributed by atoms with Crippen molar-refractivity contribution >= 4 is 26.5 Å². The lowest BCUT2D eigenvalue weighted by Gasteiger charge is -2.31. The number of hydrogen-bond donors (Lipinski definition) is 2. The summed E-state index contributed by atoms with van der Waals surface area (Å²) in [7, 11) is -3.27. The normalized spacial score (nSPS) is 19.3. The summed E-state index contributed by atoms with van der Waals surface area (Å²) < 4.78 is 25.3. The molecule has 0 bridgehead atoms. The van der Waals surface area contributed by atoms with E-state index in [1.54, 1.807) is 6.92 Å². The number of nitrogens with zero attached hydrogens (tertiary/aromatic N) is 1. The average Bonchev–Trinajstić information content (AvgIpc) is 2.76. The van der Waals surface area contributed by atoms with Crippen LogP contribution in [0.3, 0.4) is 0 Å². The third-order valence-electron chi connectivity index (χ3n) is 3.47. The van der Waals surface area contributed by atoms with E-state index < -0.39 is 15.6 Å². The van der Waals surface area contributed by atoms with E-state index in [0.717, 1.165) is 31.4 Å². The summed E-state index contributed by atoms with van der Waals surface area (Å²) in [6.45, 7) is 1.58. The largest absolute Gasteiger partial charge is 0.389 e. The summed E-state index contributed by atoms with van der Waals surface area (Å²) in [5.74, 6) is 0.0336. The Balaban J connectivity index is 2.01. The predicted octanol–water partition coefficient (Wildman–Crippen LogP) is 2.14. The van der Waals surface area contributed by atoms with Gasteiger partial charge in [-0.3, -0.25) is 4.72 Å². The SMILES string of the molecule is CCS(=O)(=O)Nc1nc(CC2(O)CCCCC2)cs1. The van der Waals surface area contributed by atoms with Crippen molar-refractivity contribution in [1.82, 2.24) is 4.98 Å². The van der Waals surface area contributed by atoms with Gasteiger partial charge in [0.15, 0.2) is 5.13 Å². The molecule has 108 valence electrons. The Morgan fingerprint density at radius 2 is 2.11 bits per heavy atom. The van der Waals surface area contributed by atoms with Gasteiger partial charge in [-0.25, -0.2) is 13.4 Å². The van der Waals surface area contributed by atoms with E-state index >= 15 is 0 Å². The number of anilines is 1. The summed E-state index contributed by atoms with van der Waals surface area (Å²) in [6.07, 6.45) is 5.41. The second kappa shape index (κ2) is 5.76. The van der Waals surface area contributed by atoms with Crippen LogP contribution in [0.2, 0.25) is 0 Å². The quantitative estimate of drug-likeness (QED) is 0.873. The molecule has 1 aliphatic carbocycles. The zero-order chi connectivity index (χ0) is 13.9. The van der Waals surface area contributed by atoms with E-state index in [9.17, 15) is 13.5 Å². The highest BCUT2D eigenvalue weighted by molar-refractivity contribution is 7.92. The maximum atomic E-state index is 11.4. The molecule has 1 heterocycles. The first kappa shape index (κ1) is 14.7. The summed E-state index contributed by atoms with van der Waals surface area (Å²) in [5.41, 5.74) is 0.107. The molecule has 19 heavy (non-hydrogen) atoms. The van der Waals surface area contributed by atoms with Gasteiger partial charge in [0.1, 0.15) is 0 Å². The minimum absolute atomic E-state index is 0.0336. The minimum Gasteiger partial charge on any atom is -0.389 e. The molecule has 0 saturated heterocycles. The van der Waals surface area contributed by atoms with Gasteiger partial charge in [0.05, 0.1) is 17.0 Å². The molecule has 7 heteroatoms. The Labute approximate surface area is 118 Å². The molecule has 0 unspecified atom stereocenters. The second-order valence-electron chi connectivity index (χ2n) is 5.11. The van der Waals surface area contributed by atoms with Gasteiger partial charge in [0.2, 0.25) is 10.0 Å². The van der Waals surface area contributed by atoms with Crippen LogP contribution in [0.25, 0.3) is 0 Å². The van der Waals surface area contributed by atoms with E-state index in [0.29, 0.717) is 11.6 Å². The van der Waals surface area contributed by atoms with Crippen molar-refractivity contribution in [2.75, 3.05) is 10.5 Å². The number of rotatable bonds is 5. The van der Waals surface area contributed by atoms with E-state index in [-0.39, 0.29) is 5.75 Å². The first-order valence-electron chi connectivity index (χ1n) is 6.60. The van der Waals surface area contributed by atoms with Crippen molar-refractivity contribution < 1.29 is 13.5 Å². The lowest BCUT2D eigenvalue weighted by atomic mass is 9.82. The summed E-state index contributed by atoms with van der Waals surface area (Å²) in [4.78, 5) is 4.25. The highest BCUT2D eigenvalue weighted by Gasteiger charge is 2.30. The number of hydrogen-bond acceptors (Lipinski definition) is 5. The van der Waals surface area contributed by atoms with Crippen molar-refractivity contribution in [2.24, 2.45) is 0 Å². The maximum absolute atomic E-state index is 11.4. The van der Waals surface area contributed by atoms with Crippen LogP contribution in [0.1, 0.15) is 44.7 Å². The zero-order valence-corrected chi connectivity index (χ0v) is 12.7. The van der Waals surface area contributed by atoms with Gasteiger partial charge in [-0.05, 0) is 19.8 Å². The molecule has 1 fully saturated rings. The van der Waals surface area contributed by atoms with Crippen LogP contribution in [0.15, 0.2) is 5.38 Å². The van der Waals surface area contributed by atoms with Gasteiger partial charge in [-0.1, -0.05) is 19.3 Å². The number of sulfonamides is 1. The molecule has 1 aromatic heterocycles. The second-order valence-corrected chi connectivity index (χ2v) is 7.98. The van der Waals surface area contributed by atoms with Crippen LogP contribution in [-0.4, -0.2) is 29.9 Å². The van der Waals surface area contributed by atoms with Crippen LogP contribution < -0.4 is 4.72 Å². The molecule has 0 spiro atoms. The third-order valence-corrected chi connectivity index (χ3v) is 5.67. The molecule has 2 N–H and O–H groups in total. The van der Waals surface area contributed by atoms with Crippen LogP contribution in [-0.2, 0) is 16.4 Å². The standard InChI is InChI=1S/C12H20N2O3S2/c1-2-19(16,17)14-11-13-10(9-18-11)8-12(15)6-4-3-5-7-12/h9,15H,2-8H2,1H3,(H,13,14). The molecule has 0 aromatic carbocycles. The van der Waals surface area contributed by atoms with E-state index in [1.165, 1.54) is 17.8 Å². The monoisotopic (exact) mass is 304 g/mol. The molecule has 0 radical (unpaired) electrons. The molecular weight excluding hydrogens is 284 g/mol. The Morgan fingerprint density at radius 3 is 2.74 bits per heavy atom. The zero-order valence-electron chi connectivity index (χ0n) is 11.1. The van der Waals surface area contributed by atoms with Crippen molar-refractivity contribution in [3.05, 3.63) is 11.1 Å². The highest BCUT2D eigenvalue weighted by Crippen LogP contribution is 2.32. The smallest absolute Gasteiger partial charge is 0.234 e. The minimum atomic E-state index is -3.27. The van der Waals surface area contributed by atoms with Crippen LogP contribution >= 0.6 is 11.3 Å². The fourth-order valence-corrected chi connectivity index (χ4v) is 3.95. The molecule has 1 aromatic rings. The summed E-state index contributed by atoms with van der Waals surface area (Å²) >= 11 is 1.27. The van der Waals surface area contributed by atoms with Crippen molar-refractivity contribution in [3.63, 3.8) is 0 Å². The predicted molar refractivity (Wildman–Crippen MR) is 76.9 cm³/mol. The van der Waals surface area contributed by atoms with Gasteiger partial charge in [0, 0.05) is 11.8 Å². The van der Waals surface area contributed by atoms with Crippen molar-refractivity contribution in [1.29, 1.82) is 0 Å². The van der Waals surface area contributed by atoms with Gasteiger partial charge in [-0.2, -0.15) is 0 Å². The lowest BCUT2D eigenvalue weighted by molar-refractivity contribution is 0.00381. The van der Waals surface area contributed by atoms with E-state index in [4.69, 9.17) is 0 Å². The number of nitrogens with one attached hydrogen (secondary N) is 1. The van der Waals surface area contributed by atoms with Crippen LogP contribution in [0, 0.1) is 0 Å². The Kier molecular flexibility index (Phi) is 4.47.